The Kier molecular flexibility index (Phi) is 2.32. The van der Waals surface area contributed by atoms with Gasteiger partial charge in [0.2, 0.25) is 5.89 Å². The first-order valence-electron chi connectivity index (χ1n) is 4.49. The van der Waals surface area contributed by atoms with E-state index in [1.807, 2.05) is 0 Å². The number of aromatic nitrogens is 2. The molecule has 0 atom stereocenters. The van der Waals surface area contributed by atoms with Crippen LogP contribution in [-0.4, -0.2) is 20.8 Å². The van der Waals surface area contributed by atoms with E-state index in [4.69, 9.17) is 9.63 Å². The van der Waals surface area contributed by atoms with Gasteiger partial charge in [0.15, 0.2) is 0 Å². The van der Waals surface area contributed by atoms with Gasteiger partial charge in [0, 0.05) is 6.92 Å². The van der Waals surface area contributed by atoms with Crippen molar-refractivity contribution in [3.63, 3.8) is 0 Å². The highest BCUT2D eigenvalue weighted by Crippen LogP contribution is 2.12. The van der Waals surface area contributed by atoms with E-state index in [1.165, 1.54) is 19.1 Å². The van der Waals surface area contributed by atoms with Crippen molar-refractivity contribution < 1.29 is 14.4 Å². The van der Waals surface area contributed by atoms with Crippen LogP contribution >= 0.6 is 0 Å². The van der Waals surface area contributed by atoms with E-state index in [1.54, 1.807) is 12.1 Å². The quantitative estimate of drug-likeness (QED) is 0.810. The molecule has 16 heavy (non-hydrogen) atoms. The van der Waals surface area contributed by atoms with Crippen molar-refractivity contribution in [1.29, 1.82) is 0 Å². The number of hydrogen-bond acceptors (Lipinski definition) is 4. The molecule has 1 N–H and O–H groups in total. The predicted octanol–water partition coefficient (Wildman–Crippen LogP) is 0.832. The molecule has 1 aromatic heterocycles. The number of rotatable bonds is 2. The molecule has 0 saturated heterocycles. The van der Waals surface area contributed by atoms with Gasteiger partial charge in [-0.1, -0.05) is 12.1 Å². The van der Waals surface area contributed by atoms with Crippen LogP contribution in [0.1, 0.15) is 16.2 Å². The summed E-state index contributed by atoms with van der Waals surface area (Å²) in [5.41, 5.74) is -0.479. The van der Waals surface area contributed by atoms with Crippen molar-refractivity contribution in [2.24, 2.45) is 0 Å². The van der Waals surface area contributed by atoms with Crippen molar-refractivity contribution >= 4 is 5.97 Å². The monoisotopic (exact) mass is 220 g/mol. The lowest BCUT2D eigenvalue weighted by atomic mass is 10.2. The molecule has 6 heteroatoms. The molecule has 0 unspecified atom stereocenters. The summed E-state index contributed by atoms with van der Waals surface area (Å²) in [6.45, 7) is 1.52. The molecule has 0 aliphatic carbocycles. The molecule has 2 rings (SSSR count). The minimum Gasteiger partial charge on any atom is -0.478 e. The molecule has 0 spiro atoms. The average Bonchev–Trinajstić information content (AvgIpc) is 2.57. The first-order chi connectivity index (χ1) is 7.59. The maximum Gasteiger partial charge on any atom is 0.384 e. The molecular weight excluding hydrogens is 212 g/mol. The second-order valence-corrected chi connectivity index (χ2v) is 3.12. The first-order valence-corrected chi connectivity index (χ1v) is 4.49. The zero-order valence-corrected chi connectivity index (χ0v) is 8.38. The van der Waals surface area contributed by atoms with Gasteiger partial charge in [-0.3, -0.25) is 0 Å². The van der Waals surface area contributed by atoms with Gasteiger partial charge in [-0.05, 0) is 12.1 Å². The van der Waals surface area contributed by atoms with E-state index >= 15 is 0 Å². The number of aryl methyl sites for hydroxylation is 1. The Morgan fingerprint density at radius 3 is 2.69 bits per heavy atom. The van der Waals surface area contributed by atoms with Crippen molar-refractivity contribution in [3.8, 4) is 5.69 Å². The first kappa shape index (κ1) is 10.2. The number of carboxylic acids is 1. The van der Waals surface area contributed by atoms with Crippen LogP contribution < -0.4 is 5.69 Å². The van der Waals surface area contributed by atoms with Crippen LogP contribution in [0.5, 0.6) is 0 Å². The molecule has 0 bridgehead atoms. The fourth-order valence-electron chi connectivity index (χ4n) is 1.36. The van der Waals surface area contributed by atoms with Crippen LogP contribution in [0.15, 0.2) is 33.6 Å². The molecule has 0 amide bonds. The predicted molar refractivity (Wildman–Crippen MR) is 53.8 cm³/mol. The van der Waals surface area contributed by atoms with Gasteiger partial charge in [0.05, 0.1) is 5.56 Å². The topological polar surface area (TPSA) is 85.3 Å². The fraction of sp³-hybridized carbons (Fsp3) is 0.100. The SMILES string of the molecule is Cc1nc(=O)n(-c2ccccc2C(=O)O)o1. The van der Waals surface area contributed by atoms with Gasteiger partial charge in [0.1, 0.15) is 5.69 Å². The molecule has 6 nitrogen and oxygen atoms in total. The van der Waals surface area contributed by atoms with E-state index in [0.717, 1.165) is 4.74 Å². The maximum absolute atomic E-state index is 11.4. The van der Waals surface area contributed by atoms with Crippen molar-refractivity contribution in [2.45, 2.75) is 6.92 Å². The third-order valence-electron chi connectivity index (χ3n) is 2.00. The van der Waals surface area contributed by atoms with Crippen LogP contribution in [0.3, 0.4) is 0 Å². The summed E-state index contributed by atoms with van der Waals surface area (Å²) in [7, 11) is 0. The lowest BCUT2D eigenvalue weighted by molar-refractivity contribution is 0.0695. The van der Waals surface area contributed by atoms with E-state index in [-0.39, 0.29) is 17.1 Å². The summed E-state index contributed by atoms with van der Waals surface area (Å²) in [6.07, 6.45) is 0. The summed E-state index contributed by atoms with van der Waals surface area (Å²) in [5, 5.41) is 8.95. The summed E-state index contributed by atoms with van der Waals surface area (Å²) in [5.74, 6) is -0.943. The summed E-state index contributed by atoms with van der Waals surface area (Å²) in [4.78, 5) is 25.9. The Bertz CT molecular complexity index is 597. The lowest BCUT2D eigenvalue weighted by Crippen LogP contribution is -2.17. The highest BCUT2D eigenvalue weighted by molar-refractivity contribution is 5.91. The number of para-hydroxylation sites is 1. The molecule has 1 aromatic carbocycles. The van der Waals surface area contributed by atoms with E-state index in [2.05, 4.69) is 4.98 Å². The van der Waals surface area contributed by atoms with Crippen LogP contribution in [0.25, 0.3) is 5.69 Å². The third-order valence-corrected chi connectivity index (χ3v) is 2.00. The molecule has 0 fully saturated rings. The number of nitrogens with zero attached hydrogens (tertiary/aromatic N) is 2. The standard InChI is InChI=1S/C10H8N2O4/c1-6-11-10(15)12(16-6)8-5-3-2-4-7(8)9(13)14/h2-5H,1H3,(H,13,14). The minimum atomic E-state index is -1.13. The van der Waals surface area contributed by atoms with Gasteiger partial charge in [-0.15, -0.1) is 4.74 Å². The Labute approximate surface area is 89.7 Å². The largest absolute Gasteiger partial charge is 0.478 e. The van der Waals surface area contributed by atoms with Crippen LogP contribution in [0.2, 0.25) is 0 Å². The number of carbonyl (C=O) groups is 1. The van der Waals surface area contributed by atoms with Crippen LogP contribution in [0.4, 0.5) is 0 Å². The Balaban J connectivity index is 2.69. The summed E-state index contributed by atoms with van der Waals surface area (Å²) in [6, 6.07) is 6.06. The van der Waals surface area contributed by atoms with Gasteiger partial charge in [0.25, 0.3) is 0 Å². The summed E-state index contributed by atoms with van der Waals surface area (Å²) >= 11 is 0. The number of hydrogen-bond donors (Lipinski definition) is 1. The molecule has 0 saturated carbocycles. The smallest absolute Gasteiger partial charge is 0.384 e. The number of aromatic carboxylic acids is 1. The highest BCUT2D eigenvalue weighted by atomic mass is 16.5. The zero-order chi connectivity index (χ0) is 11.7. The van der Waals surface area contributed by atoms with Gasteiger partial charge in [-0.2, -0.15) is 4.98 Å². The van der Waals surface area contributed by atoms with Crippen LogP contribution in [0, 0.1) is 6.92 Å². The van der Waals surface area contributed by atoms with Crippen LogP contribution in [-0.2, 0) is 0 Å². The number of carboxylic acid groups (broad SMARTS) is 1. The minimum absolute atomic E-state index is 0.0132. The highest BCUT2D eigenvalue weighted by Gasteiger charge is 2.15. The second-order valence-electron chi connectivity index (χ2n) is 3.12. The van der Waals surface area contributed by atoms with Crippen molar-refractivity contribution in [1.82, 2.24) is 9.72 Å². The van der Waals surface area contributed by atoms with Gasteiger partial charge in [-0.25, -0.2) is 9.59 Å². The van der Waals surface area contributed by atoms with Crippen molar-refractivity contribution in [3.05, 3.63) is 46.2 Å². The van der Waals surface area contributed by atoms with E-state index < -0.39 is 11.7 Å². The molecule has 0 radical (unpaired) electrons. The normalized spacial score (nSPS) is 10.3. The summed E-state index contributed by atoms with van der Waals surface area (Å²) < 4.78 is 5.88. The molecule has 0 aliphatic heterocycles. The lowest BCUT2D eigenvalue weighted by Gasteiger charge is -2.02. The molecule has 82 valence electrons. The maximum atomic E-state index is 11.4. The van der Waals surface area contributed by atoms with Gasteiger partial charge >= 0.3 is 11.7 Å². The molecule has 2 aromatic rings. The zero-order valence-electron chi connectivity index (χ0n) is 8.38. The second kappa shape index (κ2) is 3.65. The Morgan fingerprint density at radius 2 is 2.12 bits per heavy atom. The molecular formula is C10H8N2O4. The molecule has 1 heterocycles. The van der Waals surface area contributed by atoms with E-state index in [9.17, 15) is 9.59 Å². The number of benzene rings is 1. The Morgan fingerprint density at radius 1 is 1.44 bits per heavy atom. The Hall–Kier alpha value is -2.37. The van der Waals surface area contributed by atoms with Crippen molar-refractivity contribution in [2.75, 3.05) is 0 Å². The fourth-order valence-corrected chi connectivity index (χ4v) is 1.36. The molecule has 0 aliphatic rings. The van der Waals surface area contributed by atoms with E-state index in [0.29, 0.717) is 0 Å². The average molecular weight is 220 g/mol. The third kappa shape index (κ3) is 1.60. The van der Waals surface area contributed by atoms with Gasteiger partial charge < -0.3 is 9.63 Å².